The standard InChI is InChI=1S/C22H23Cl2N3O3S/c1-22(2,3)30-20(28)25-18(12-14-8-5-4-6-9-14)19-26-27-21(29-19)31-13-15-16(23)10-7-11-17(15)24/h4-11,18H,12-13H2,1-3H3,(H,25,28). The number of ether oxygens (including phenoxy) is 1. The molecule has 0 aliphatic carbocycles. The molecule has 9 heteroatoms. The zero-order valence-corrected chi connectivity index (χ0v) is 19.7. The van der Waals surface area contributed by atoms with Crippen LogP contribution in [0.3, 0.4) is 0 Å². The first-order chi connectivity index (χ1) is 14.7. The van der Waals surface area contributed by atoms with Crippen molar-refractivity contribution in [1.29, 1.82) is 0 Å². The molecule has 0 aliphatic rings. The van der Waals surface area contributed by atoms with Crippen molar-refractivity contribution in [3.05, 3.63) is 75.6 Å². The topological polar surface area (TPSA) is 77.2 Å². The number of thioether (sulfide) groups is 1. The monoisotopic (exact) mass is 479 g/mol. The molecule has 0 spiro atoms. The van der Waals surface area contributed by atoms with Crippen molar-refractivity contribution in [3.63, 3.8) is 0 Å². The van der Waals surface area contributed by atoms with Crippen LogP contribution >= 0.6 is 35.0 Å². The average Bonchev–Trinajstić information content (AvgIpc) is 3.15. The van der Waals surface area contributed by atoms with Gasteiger partial charge in [0, 0.05) is 22.2 Å². The number of nitrogens with one attached hydrogen (secondary N) is 1. The Balaban J connectivity index is 1.74. The fourth-order valence-electron chi connectivity index (χ4n) is 2.72. The first-order valence-electron chi connectivity index (χ1n) is 9.64. The predicted octanol–water partition coefficient (Wildman–Crippen LogP) is 6.48. The van der Waals surface area contributed by atoms with Crippen molar-refractivity contribution >= 4 is 41.1 Å². The summed E-state index contributed by atoms with van der Waals surface area (Å²) in [6.07, 6.45) is -0.0772. The fourth-order valence-corrected chi connectivity index (χ4v) is 4.23. The lowest BCUT2D eigenvalue weighted by Gasteiger charge is -2.22. The number of hydrogen-bond donors (Lipinski definition) is 1. The zero-order valence-electron chi connectivity index (χ0n) is 17.4. The third kappa shape index (κ3) is 7.16. The van der Waals surface area contributed by atoms with Crippen LogP contribution in [0.2, 0.25) is 10.0 Å². The molecular formula is C22H23Cl2N3O3S. The molecule has 1 N–H and O–H groups in total. The number of nitrogens with zero attached hydrogens (tertiary/aromatic N) is 2. The summed E-state index contributed by atoms with van der Waals surface area (Å²) in [5.74, 6) is 0.769. The van der Waals surface area contributed by atoms with Crippen molar-refractivity contribution in [2.75, 3.05) is 0 Å². The highest BCUT2D eigenvalue weighted by atomic mass is 35.5. The molecule has 1 amide bonds. The third-order valence-electron chi connectivity index (χ3n) is 4.10. The van der Waals surface area contributed by atoms with Crippen molar-refractivity contribution in [3.8, 4) is 0 Å². The molecule has 31 heavy (non-hydrogen) atoms. The molecule has 1 atom stereocenters. The summed E-state index contributed by atoms with van der Waals surface area (Å²) >= 11 is 13.8. The summed E-state index contributed by atoms with van der Waals surface area (Å²) in [6.45, 7) is 5.42. The number of rotatable bonds is 7. The molecule has 164 valence electrons. The molecule has 1 aromatic heterocycles. The van der Waals surface area contributed by atoms with Crippen LogP contribution in [0.5, 0.6) is 0 Å². The minimum Gasteiger partial charge on any atom is -0.444 e. The average molecular weight is 480 g/mol. The van der Waals surface area contributed by atoms with Gasteiger partial charge in [-0.3, -0.25) is 0 Å². The highest BCUT2D eigenvalue weighted by molar-refractivity contribution is 7.98. The molecule has 3 aromatic rings. The molecule has 0 aliphatic heterocycles. The molecule has 3 rings (SSSR count). The van der Waals surface area contributed by atoms with E-state index in [4.69, 9.17) is 32.4 Å². The van der Waals surface area contributed by atoms with E-state index in [0.717, 1.165) is 11.1 Å². The zero-order chi connectivity index (χ0) is 22.4. The van der Waals surface area contributed by atoms with Crippen molar-refractivity contribution in [2.45, 2.75) is 49.8 Å². The fraction of sp³-hybridized carbons (Fsp3) is 0.318. The Morgan fingerprint density at radius 2 is 1.77 bits per heavy atom. The molecule has 6 nitrogen and oxygen atoms in total. The first-order valence-corrected chi connectivity index (χ1v) is 11.4. The quantitative estimate of drug-likeness (QED) is 0.390. The van der Waals surface area contributed by atoms with Gasteiger partial charge in [0.25, 0.3) is 5.22 Å². The maximum Gasteiger partial charge on any atom is 0.408 e. The smallest absolute Gasteiger partial charge is 0.408 e. The molecule has 0 saturated heterocycles. The Bertz CT molecular complexity index is 1000. The van der Waals surface area contributed by atoms with Gasteiger partial charge in [-0.05, 0) is 44.0 Å². The van der Waals surface area contributed by atoms with Crippen molar-refractivity contribution in [1.82, 2.24) is 15.5 Å². The first kappa shape index (κ1) is 23.4. The van der Waals surface area contributed by atoms with E-state index in [1.165, 1.54) is 11.8 Å². The lowest BCUT2D eigenvalue weighted by Crippen LogP contribution is -2.36. The predicted molar refractivity (Wildman–Crippen MR) is 123 cm³/mol. The Hall–Kier alpha value is -2.22. The molecule has 1 unspecified atom stereocenters. The van der Waals surface area contributed by atoms with Gasteiger partial charge in [0.05, 0.1) is 0 Å². The second kappa shape index (κ2) is 10.4. The second-order valence-electron chi connectivity index (χ2n) is 7.78. The van der Waals surface area contributed by atoms with Crippen molar-refractivity contribution in [2.24, 2.45) is 0 Å². The van der Waals surface area contributed by atoms with E-state index >= 15 is 0 Å². The van der Waals surface area contributed by atoms with E-state index in [0.29, 0.717) is 33.3 Å². The number of hydrogen-bond acceptors (Lipinski definition) is 6. The van der Waals surface area contributed by atoms with E-state index in [1.807, 2.05) is 30.3 Å². The van der Waals surface area contributed by atoms with Gasteiger partial charge in [-0.25, -0.2) is 4.79 Å². The van der Waals surface area contributed by atoms with Crippen LogP contribution < -0.4 is 5.32 Å². The maximum atomic E-state index is 12.4. The molecular weight excluding hydrogens is 457 g/mol. The van der Waals surface area contributed by atoms with Gasteiger partial charge in [0.1, 0.15) is 11.6 Å². The van der Waals surface area contributed by atoms with Crippen LogP contribution in [-0.2, 0) is 16.9 Å². The van der Waals surface area contributed by atoms with Crippen molar-refractivity contribution < 1.29 is 13.9 Å². The van der Waals surface area contributed by atoms with E-state index < -0.39 is 17.7 Å². The Morgan fingerprint density at radius 3 is 2.42 bits per heavy atom. The van der Waals surface area contributed by atoms with E-state index in [2.05, 4.69) is 15.5 Å². The second-order valence-corrected chi connectivity index (χ2v) is 9.52. The number of alkyl carbamates (subject to hydrolysis) is 1. The molecule has 0 saturated carbocycles. The lowest BCUT2D eigenvalue weighted by atomic mass is 10.1. The highest BCUT2D eigenvalue weighted by Gasteiger charge is 2.25. The number of benzene rings is 2. The van der Waals surface area contributed by atoms with Gasteiger partial charge in [0.2, 0.25) is 5.89 Å². The Kier molecular flexibility index (Phi) is 7.86. The lowest BCUT2D eigenvalue weighted by molar-refractivity contribution is 0.0494. The third-order valence-corrected chi connectivity index (χ3v) is 5.65. The minimum absolute atomic E-state index is 0.294. The Labute approximate surface area is 195 Å². The highest BCUT2D eigenvalue weighted by Crippen LogP contribution is 2.31. The number of carbonyl (C=O) groups excluding carboxylic acids is 1. The molecule has 2 aromatic carbocycles. The van der Waals surface area contributed by atoms with Gasteiger partial charge in [0.15, 0.2) is 0 Å². The summed E-state index contributed by atoms with van der Waals surface area (Å²) in [4.78, 5) is 12.4. The molecule has 0 radical (unpaired) electrons. The summed E-state index contributed by atoms with van der Waals surface area (Å²) < 4.78 is 11.2. The largest absolute Gasteiger partial charge is 0.444 e. The van der Waals surface area contributed by atoms with Crippen LogP contribution in [0.4, 0.5) is 4.79 Å². The van der Waals surface area contributed by atoms with Gasteiger partial charge in [-0.2, -0.15) is 0 Å². The van der Waals surface area contributed by atoms with Crippen LogP contribution in [0.1, 0.15) is 43.8 Å². The summed E-state index contributed by atoms with van der Waals surface area (Å²) in [6, 6.07) is 14.5. The van der Waals surface area contributed by atoms with Crippen LogP contribution in [-0.4, -0.2) is 21.9 Å². The maximum absolute atomic E-state index is 12.4. The number of halogens is 2. The van der Waals surface area contributed by atoms with Crippen LogP contribution in [0, 0.1) is 0 Å². The molecule has 0 fully saturated rings. The number of aromatic nitrogens is 2. The normalized spacial score (nSPS) is 12.4. The molecule has 0 bridgehead atoms. The van der Waals surface area contributed by atoms with E-state index in [9.17, 15) is 4.79 Å². The summed E-state index contributed by atoms with van der Waals surface area (Å²) in [5.41, 5.74) is 1.19. The van der Waals surface area contributed by atoms with Crippen LogP contribution in [0.15, 0.2) is 58.2 Å². The van der Waals surface area contributed by atoms with Gasteiger partial charge in [-0.1, -0.05) is 71.4 Å². The van der Waals surface area contributed by atoms with Gasteiger partial charge < -0.3 is 14.5 Å². The SMILES string of the molecule is CC(C)(C)OC(=O)NC(Cc1ccccc1)c1nnc(SCc2c(Cl)cccc2Cl)o1. The van der Waals surface area contributed by atoms with Gasteiger partial charge in [-0.15, -0.1) is 10.2 Å². The molecule has 1 heterocycles. The number of amides is 1. The minimum atomic E-state index is -0.620. The summed E-state index contributed by atoms with van der Waals surface area (Å²) in [7, 11) is 0. The van der Waals surface area contributed by atoms with Gasteiger partial charge >= 0.3 is 6.09 Å². The van der Waals surface area contributed by atoms with Crippen LogP contribution in [0.25, 0.3) is 0 Å². The van der Waals surface area contributed by atoms with E-state index in [-0.39, 0.29) is 0 Å². The van der Waals surface area contributed by atoms with E-state index in [1.54, 1.807) is 39.0 Å². The summed E-state index contributed by atoms with van der Waals surface area (Å²) in [5, 5.41) is 12.6. The Morgan fingerprint density at radius 1 is 1.10 bits per heavy atom. The number of carbonyl (C=O) groups is 1.